The second-order valence-electron chi connectivity index (χ2n) is 2.16. The van der Waals surface area contributed by atoms with E-state index < -0.39 is 0 Å². The van der Waals surface area contributed by atoms with E-state index in [1.54, 1.807) is 0 Å². The lowest BCUT2D eigenvalue weighted by Crippen LogP contribution is -1.79. The molecule has 0 amide bonds. The molecular formula is C8H9NO. The molecule has 2 heteroatoms. The lowest BCUT2D eigenvalue weighted by Gasteiger charge is -1.91. The van der Waals surface area contributed by atoms with Crippen LogP contribution in [-0.2, 0) is 0 Å². The number of hydrogen-bond acceptors (Lipinski definition) is 2. The highest BCUT2D eigenvalue weighted by molar-refractivity contribution is 5.78. The van der Waals surface area contributed by atoms with Gasteiger partial charge in [-0.15, -0.1) is 0 Å². The summed E-state index contributed by atoms with van der Waals surface area (Å²) in [5, 5.41) is 11.1. The lowest BCUT2D eigenvalue weighted by atomic mass is 10.2. The fourth-order valence-corrected chi connectivity index (χ4v) is 0.719. The topological polar surface area (TPSA) is 32.6 Å². The first-order valence-corrected chi connectivity index (χ1v) is 3.07. The minimum Gasteiger partial charge on any atom is -0.411 e. The van der Waals surface area contributed by atoms with Gasteiger partial charge in [0, 0.05) is 0 Å². The first kappa shape index (κ1) is 6.81. The molecule has 1 N–H and O–H groups in total. The number of aryl methyl sites for hydroxylation is 1. The molecule has 0 atom stereocenters. The lowest BCUT2D eigenvalue weighted by molar-refractivity contribution is 0.322. The number of nitrogens with zero attached hydrogens (tertiary/aromatic N) is 1. The molecule has 0 spiro atoms. The Morgan fingerprint density at radius 1 is 1.30 bits per heavy atom. The Kier molecular flexibility index (Phi) is 2.05. The molecule has 0 radical (unpaired) electrons. The van der Waals surface area contributed by atoms with Gasteiger partial charge in [0.05, 0.1) is 6.21 Å². The Morgan fingerprint density at radius 3 is 2.40 bits per heavy atom. The summed E-state index contributed by atoms with van der Waals surface area (Å²) >= 11 is 0. The van der Waals surface area contributed by atoms with E-state index in [1.807, 2.05) is 31.2 Å². The van der Waals surface area contributed by atoms with Crippen LogP contribution in [0.1, 0.15) is 11.1 Å². The molecule has 1 aromatic rings. The number of oxime groups is 1. The molecule has 2 nitrogen and oxygen atoms in total. The molecule has 0 saturated carbocycles. The molecule has 0 aliphatic heterocycles. The summed E-state index contributed by atoms with van der Waals surface area (Å²) in [6.45, 7) is 2.01. The van der Waals surface area contributed by atoms with Crippen LogP contribution >= 0.6 is 0 Å². The van der Waals surface area contributed by atoms with E-state index in [4.69, 9.17) is 5.21 Å². The van der Waals surface area contributed by atoms with E-state index in [0.717, 1.165) is 5.56 Å². The Hall–Kier alpha value is -1.31. The van der Waals surface area contributed by atoms with Gasteiger partial charge in [-0.3, -0.25) is 0 Å². The van der Waals surface area contributed by atoms with Gasteiger partial charge < -0.3 is 5.21 Å². The second-order valence-corrected chi connectivity index (χ2v) is 2.16. The molecule has 52 valence electrons. The van der Waals surface area contributed by atoms with E-state index in [0.29, 0.717) is 0 Å². The Labute approximate surface area is 59.8 Å². The summed E-state index contributed by atoms with van der Waals surface area (Å²) < 4.78 is 0. The Morgan fingerprint density at radius 2 is 1.90 bits per heavy atom. The van der Waals surface area contributed by atoms with E-state index >= 15 is 0 Å². The highest BCUT2D eigenvalue weighted by Crippen LogP contribution is 1.99. The van der Waals surface area contributed by atoms with Crippen LogP contribution in [0.25, 0.3) is 0 Å². The van der Waals surface area contributed by atoms with Crippen LogP contribution in [-0.4, -0.2) is 11.4 Å². The summed E-state index contributed by atoms with van der Waals surface area (Å²) in [6.07, 6.45) is 1.40. The minimum atomic E-state index is 0.910. The van der Waals surface area contributed by atoms with Crippen LogP contribution in [0.15, 0.2) is 29.4 Å². The zero-order chi connectivity index (χ0) is 7.40. The van der Waals surface area contributed by atoms with Crippen molar-refractivity contribution >= 4 is 6.21 Å². The van der Waals surface area contributed by atoms with Crippen LogP contribution in [0.4, 0.5) is 0 Å². The Bertz CT molecular complexity index is 226. The van der Waals surface area contributed by atoms with Crippen LogP contribution in [0, 0.1) is 6.92 Å². The van der Waals surface area contributed by atoms with Gasteiger partial charge in [0.25, 0.3) is 0 Å². The van der Waals surface area contributed by atoms with E-state index in [2.05, 4.69) is 5.16 Å². The largest absolute Gasteiger partial charge is 0.411 e. The molecule has 0 aliphatic carbocycles. The van der Waals surface area contributed by atoms with Crippen LogP contribution in [0.5, 0.6) is 0 Å². The average molecular weight is 135 g/mol. The van der Waals surface area contributed by atoms with Gasteiger partial charge in [-0.05, 0) is 12.5 Å². The zero-order valence-corrected chi connectivity index (χ0v) is 5.78. The monoisotopic (exact) mass is 135 g/mol. The maximum absolute atomic E-state index is 8.16. The third-order valence-electron chi connectivity index (χ3n) is 1.28. The van der Waals surface area contributed by atoms with Crippen molar-refractivity contribution in [3.63, 3.8) is 0 Å². The summed E-state index contributed by atoms with van der Waals surface area (Å²) in [6, 6.07) is 7.73. The first-order chi connectivity index (χ1) is 4.83. The van der Waals surface area contributed by atoms with Crippen molar-refractivity contribution in [3.8, 4) is 0 Å². The molecule has 0 heterocycles. The molecule has 0 aliphatic rings. The molecule has 0 bridgehead atoms. The van der Waals surface area contributed by atoms with Crippen LogP contribution in [0.3, 0.4) is 0 Å². The molecular weight excluding hydrogens is 126 g/mol. The highest BCUT2D eigenvalue weighted by atomic mass is 16.4. The van der Waals surface area contributed by atoms with Gasteiger partial charge in [-0.2, -0.15) is 0 Å². The molecule has 1 aromatic carbocycles. The van der Waals surface area contributed by atoms with Gasteiger partial charge in [0.1, 0.15) is 0 Å². The van der Waals surface area contributed by atoms with Crippen molar-refractivity contribution in [3.05, 3.63) is 35.4 Å². The van der Waals surface area contributed by atoms with E-state index in [-0.39, 0.29) is 0 Å². The van der Waals surface area contributed by atoms with Crippen molar-refractivity contribution in [2.24, 2.45) is 5.16 Å². The molecule has 0 unspecified atom stereocenters. The predicted molar refractivity (Wildman–Crippen MR) is 40.6 cm³/mol. The van der Waals surface area contributed by atoms with Gasteiger partial charge in [-0.1, -0.05) is 35.0 Å². The summed E-state index contributed by atoms with van der Waals surface area (Å²) in [5.74, 6) is 0. The molecule has 0 fully saturated rings. The molecule has 10 heavy (non-hydrogen) atoms. The maximum atomic E-state index is 8.16. The fourth-order valence-electron chi connectivity index (χ4n) is 0.719. The normalized spacial score (nSPS) is 10.5. The molecule has 1 rings (SSSR count). The zero-order valence-electron chi connectivity index (χ0n) is 5.78. The number of rotatable bonds is 1. The van der Waals surface area contributed by atoms with E-state index in [1.165, 1.54) is 11.8 Å². The Balaban J connectivity index is 2.89. The summed E-state index contributed by atoms with van der Waals surface area (Å²) in [7, 11) is 0. The van der Waals surface area contributed by atoms with Gasteiger partial charge in [-0.25, -0.2) is 0 Å². The van der Waals surface area contributed by atoms with Crippen LogP contribution < -0.4 is 0 Å². The summed E-state index contributed by atoms with van der Waals surface area (Å²) in [4.78, 5) is 0. The standard InChI is InChI=1S/C8H9NO/c1-7-2-4-8(5-3-7)6-9-10/h2-6,10H,1H3/b9-6+. The average Bonchev–Trinajstić information content (AvgIpc) is 1.95. The molecule has 0 aromatic heterocycles. The van der Waals surface area contributed by atoms with Crippen LogP contribution in [0.2, 0.25) is 0 Å². The van der Waals surface area contributed by atoms with Crippen molar-refractivity contribution in [2.45, 2.75) is 6.92 Å². The van der Waals surface area contributed by atoms with Crippen molar-refractivity contribution < 1.29 is 5.21 Å². The molecule has 0 saturated heterocycles. The predicted octanol–water partition coefficient (Wildman–Crippen LogP) is 1.80. The second kappa shape index (κ2) is 3.01. The summed E-state index contributed by atoms with van der Waals surface area (Å²) in [5.41, 5.74) is 2.11. The van der Waals surface area contributed by atoms with Crippen molar-refractivity contribution in [1.82, 2.24) is 0 Å². The number of hydrogen-bond donors (Lipinski definition) is 1. The van der Waals surface area contributed by atoms with Gasteiger partial charge in [0.2, 0.25) is 0 Å². The highest BCUT2D eigenvalue weighted by Gasteiger charge is 1.84. The third kappa shape index (κ3) is 1.58. The quantitative estimate of drug-likeness (QED) is 0.355. The minimum absolute atomic E-state index is 0.910. The fraction of sp³-hybridized carbons (Fsp3) is 0.125. The smallest absolute Gasteiger partial charge is 0.0733 e. The van der Waals surface area contributed by atoms with Crippen molar-refractivity contribution in [2.75, 3.05) is 0 Å². The SMILES string of the molecule is Cc1ccc(/C=N/O)cc1. The third-order valence-corrected chi connectivity index (χ3v) is 1.28. The van der Waals surface area contributed by atoms with Gasteiger partial charge in [0.15, 0.2) is 0 Å². The first-order valence-electron chi connectivity index (χ1n) is 3.07. The van der Waals surface area contributed by atoms with Crippen molar-refractivity contribution in [1.29, 1.82) is 0 Å². The maximum Gasteiger partial charge on any atom is 0.0733 e. The van der Waals surface area contributed by atoms with E-state index in [9.17, 15) is 0 Å². The number of benzene rings is 1. The van der Waals surface area contributed by atoms with Gasteiger partial charge >= 0.3 is 0 Å².